The Hall–Kier alpha value is -1.55. The van der Waals surface area contributed by atoms with Crippen molar-refractivity contribution in [3.05, 3.63) is 35.4 Å². The van der Waals surface area contributed by atoms with Crippen LogP contribution in [-0.2, 0) is 4.74 Å². The van der Waals surface area contributed by atoms with Gasteiger partial charge in [-0.2, -0.15) is 0 Å². The molecule has 1 aromatic carbocycles. The van der Waals surface area contributed by atoms with E-state index in [1.54, 1.807) is 0 Å². The van der Waals surface area contributed by atoms with E-state index in [0.29, 0.717) is 12.0 Å². The van der Waals surface area contributed by atoms with Crippen LogP contribution in [0.1, 0.15) is 42.7 Å². The second-order valence-corrected chi connectivity index (χ2v) is 6.82. The molecule has 2 atom stereocenters. The highest BCUT2D eigenvalue weighted by Gasteiger charge is 2.39. The van der Waals surface area contributed by atoms with E-state index in [4.69, 9.17) is 4.74 Å². The first-order chi connectivity index (χ1) is 11.3. The molecule has 2 unspecified atom stereocenters. The lowest BCUT2D eigenvalue weighted by Crippen LogP contribution is -2.39. The SMILES string of the molecule is CN=C(NCCCOCC1CC1)NC1CC1c1ccccc1C. The average molecular weight is 315 g/mol. The lowest BCUT2D eigenvalue weighted by atomic mass is 10.0. The van der Waals surface area contributed by atoms with Crippen molar-refractivity contribution in [1.82, 2.24) is 10.6 Å². The van der Waals surface area contributed by atoms with Crippen molar-refractivity contribution in [3.63, 3.8) is 0 Å². The summed E-state index contributed by atoms with van der Waals surface area (Å²) < 4.78 is 5.65. The number of ether oxygens (including phenoxy) is 1. The molecule has 0 aliphatic heterocycles. The maximum absolute atomic E-state index is 5.65. The fraction of sp³-hybridized carbons (Fsp3) is 0.632. The monoisotopic (exact) mass is 315 g/mol. The first-order valence-corrected chi connectivity index (χ1v) is 8.88. The molecule has 2 aliphatic carbocycles. The van der Waals surface area contributed by atoms with Crippen molar-refractivity contribution >= 4 is 5.96 Å². The van der Waals surface area contributed by atoms with Crippen LogP contribution >= 0.6 is 0 Å². The minimum absolute atomic E-state index is 0.508. The Kier molecular flexibility index (Phi) is 5.55. The minimum atomic E-state index is 0.508. The van der Waals surface area contributed by atoms with E-state index in [0.717, 1.165) is 38.1 Å². The average Bonchev–Trinajstić information content (AvgIpc) is 3.46. The fourth-order valence-electron chi connectivity index (χ4n) is 2.99. The molecule has 23 heavy (non-hydrogen) atoms. The van der Waals surface area contributed by atoms with Crippen molar-refractivity contribution in [2.24, 2.45) is 10.9 Å². The molecule has 2 fully saturated rings. The van der Waals surface area contributed by atoms with Gasteiger partial charge in [-0.15, -0.1) is 0 Å². The van der Waals surface area contributed by atoms with E-state index >= 15 is 0 Å². The van der Waals surface area contributed by atoms with Crippen LogP contribution in [0.15, 0.2) is 29.3 Å². The largest absolute Gasteiger partial charge is 0.381 e. The summed E-state index contributed by atoms with van der Waals surface area (Å²) in [6.07, 6.45) is 4.94. The zero-order chi connectivity index (χ0) is 16.1. The molecule has 3 rings (SSSR count). The zero-order valence-corrected chi connectivity index (χ0v) is 14.3. The van der Waals surface area contributed by atoms with Crippen molar-refractivity contribution in [3.8, 4) is 0 Å². The van der Waals surface area contributed by atoms with E-state index in [1.165, 1.54) is 30.4 Å². The first-order valence-electron chi connectivity index (χ1n) is 8.88. The van der Waals surface area contributed by atoms with E-state index in [9.17, 15) is 0 Å². The standard InChI is InChI=1S/C19H29N3O/c1-14-6-3-4-7-16(14)17-12-18(17)22-19(20-2)21-10-5-11-23-13-15-8-9-15/h3-4,6-7,15,17-18H,5,8-13H2,1-2H3,(H2,20,21,22). The van der Waals surface area contributed by atoms with Gasteiger partial charge in [0.1, 0.15) is 0 Å². The Morgan fingerprint density at radius 3 is 2.87 bits per heavy atom. The molecule has 0 radical (unpaired) electrons. The molecule has 0 spiro atoms. The Balaban J connectivity index is 1.33. The van der Waals surface area contributed by atoms with Gasteiger partial charge in [0.05, 0.1) is 0 Å². The summed E-state index contributed by atoms with van der Waals surface area (Å²) in [5.74, 6) is 2.38. The molecule has 126 valence electrons. The topological polar surface area (TPSA) is 45.7 Å². The van der Waals surface area contributed by atoms with Crippen molar-refractivity contribution in [1.29, 1.82) is 0 Å². The van der Waals surface area contributed by atoms with Crippen molar-refractivity contribution in [2.75, 3.05) is 26.8 Å². The highest BCUT2D eigenvalue weighted by Crippen LogP contribution is 2.41. The molecule has 0 bridgehead atoms. The van der Waals surface area contributed by atoms with Gasteiger partial charge in [0, 0.05) is 38.8 Å². The molecule has 0 amide bonds. The van der Waals surface area contributed by atoms with Crippen LogP contribution < -0.4 is 10.6 Å². The summed E-state index contributed by atoms with van der Waals surface area (Å²) in [6, 6.07) is 9.18. The Morgan fingerprint density at radius 1 is 1.30 bits per heavy atom. The number of benzene rings is 1. The van der Waals surface area contributed by atoms with Gasteiger partial charge in [0.15, 0.2) is 5.96 Å². The Bertz CT molecular complexity index is 539. The Labute approximate surface area is 139 Å². The van der Waals surface area contributed by atoms with Gasteiger partial charge in [-0.25, -0.2) is 0 Å². The molecule has 4 nitrogen and oxygen atoms in total. The summed E-state index contributed by atoms with van der Waals surface area (Å²) in [5, 5.41) is 6.92. The fourth-order valence-corrected chi connectivity index (χ4v) is 2.99. The first kappa shape index (κ1) is 16.3. The highest BCUT2D eigenvalue weighted by molar-refractivity contribution is 5.80. The number of nitrogens with zero attached hydrogens (tertiary/aromatic N) is 1. The van der Waals surface area contributed by atoms with Crippen LogP contribution in [0.25, 0.3) is 0 Å². The highest BCUT2D eigenvalue weighted by atomic mass is 16.5. The van der Waals surface area contributed by atoms with Crippen LogP contribution in [-0.4, -0.2) is 38.8 Å². The van der Waals surface area contributed by atoms with Gasteiger partial charge in [-0.05, 0) is 49.7 Å². The van der Waals surface area contributed by atoms with Crippen LogP contribution in [0.2, 0.25) is 0 Å². The maximum Gasteiger partial charge on any atom is 0.191 e. The number of rotatable bonds is 8. The smallest absolute Gasteiger partial charge is 0.191 e. The van der Waals surface area contributed by atoms with Crippen LogP contribution in [0.5, 0.6) is 0 Å². The van der Waals surface area contributed by atoms with Crippen LogP contribution in [0.3, 0.4) is 0 Å². The Morgan fingerprint density at radius 2 is 2.13 bits per heavy atom. The van der Waals surface area contributed by atoms with E-state index < -0.39 is 0 Å². The van der Waals surface area contributed by atoms with E-state index in [1.807, 2.05) is 7.05 Å². The van der Waals surface area contributed by atoms with Gasteiger partial charge in [0.2, 0.25) is 0 Å². The molecule has 2 saturated carbocycles. The minimum Gasteiger partial charge on any atom is -0.381 e. The predicted molar refractivity (Wildman–Crippen MR) is 95.0 cm³/mol. The number of aliphatic imine (C=N–C) groups is 1. The summed E-state index contributed by atoms with van der Waals surface area (Å²) in [5.41, 5.74) is 2.85. The predicted octanol–water partition coefficient (Wildman–Crippen LogP) is 2.83. The van der Waals surface area contributed by atoms with Gasteiger partial charge in [-0.3, -0.25) is 4.99 Å². The van der Waals surface area contributed by atoms with Gasteiger partial charge in [-0.1, -0.05) is 24.3 Å². The third-order valence-electron chi connectivity index (χ3n) is 4.73. The quantitative estimate of drug-likeness (QED) is 0.440. The number of hydrogen-bond donors (Lipinski definition) is 2. The van der Waals surface area contributed by atoms with Crippen molar-refractivity contribution in [2.45, 2.75) is 44.6 Å². The third kappa shape index (κ3) is 4.96. The number of nitrogens with one attached hydrogen (secondary N) is 2. The summed E-state index contributed by atoms with van der Waals surface area (Å²) in [6.45, 7) is 4.90. The molecule has 0 aromatic heterocycles. The van der Waals surface area contributed by atoms with E-state index in [2.05, 4.69) is 46.8 Å². The van der Waals surface area contributed by atoms with Crippen LogP contribution in [0, 0.1) is 12.8 Å². The van der Waals surface area contributed by atoms with Crippen molar-refractivity contribution < 1.29 is 4.74 Å². The zero-order valence-electron chi connectivity index (χ0n) is 14.3. The second-order valence-electron chi connectivity index (χ2n) is 6.82. The number of hydrogen-bond acceptors (Lipinski definition) is 2. The summed E-state index contributed by atoms with van der Waals surface area (Å²) >= 11 is 0. The normalized spacial score (nSPS) is 23.7. The van der Waals surface area contributed by atoms with Gasteiger partial charge in [0.25, 0.3) is 0 Å². The molecule has 0 heterocycles. The van der Waals surface area contributed by atoms with E-state index in [-0.39, 0.29) is 0 Å². The number of guanidine groups is 1. The second kappa shape index (κ2) is 7.82. The molecule has 1 aromatic rings. The molecule has 2 N–H and O–H groups in total. The maximum atomic E-state index is 5.65. The third-order valence-corrected chi connectivity index (χ3v) is 4.73. The molecule has 2 aliphatic rings. The van der Waals surface area contributed by atoms with Gasteiger partial charge >= 0.3 is 0 Å². The number of aryl methyl sites for hydroxylation is 1. The molecular weight excluding hydrogens is 286 g/mol. The van der Waals surface area contributed by atoms with Gasteiger partial charge < -0.3 is 15.4 Å². The molecular formula is C19H29N3O. The molecule has 0 saturated heterocycles. The lowest BCUT2D eigenvalue weighted by Gasteiger charge is -2.12. The van der Waals surface area contributed by atoms with Crippen LogP contribution in [0.4, 0.5) is 0 Å². The summed E-state index contributed by atoms with van der Waals surface area (Å²) in [4.78, 5) is 4.33. The lowest BCUT2D eigenvalue weighted by molar-refractivity contribution is 0.123. The molecule has 4 heteroatoms. The summed E-state index contributed by atoms with van der Waals surface area (Å²) in [7, 11) is 1.84.